The van der Waals surface area contributed by atoms with Gasteiger partial charge >= 0.3 is 0 Å². The van der Waals surface area contributed by atoms with Crippen LogP contribution in [0.15, 0.2) is 0 Å². The summed E-state index contributed by atoms with van der Waals surface area (Å²) < 4.78 is 5.77. The molecule has 0 bridgehead atoms. The summed E-state index contributed by atoms with van der Waals surface area (Å²) in [6.45, 7) is 12.1. The molecule has 1 aliphatic carbocycles. The Morgan fingerprint density at radius 1 is 1.47 bits per heavy atom. The summed E-state index contributed by atoms with van der Waals surface area (Å²) >= 11 is 0. The number of ether oxygens (including phenoxy) is 1. The van der Waals surface area contributed by atoms with Crippen molar-refractivity contribution in [3.63, 3.8) is 0 Å². The summed E-state index contributed by atoms with van der Waals surface area (Å²) in [5.74, 6) is 0.918. The van der Waals surface area contributed by atoms with E-state index in [1.165, 1.54) is 0 Å². The predicted octanol–water partition coefficient (Wildman–Crippen LogP) is 1.80. The maximum atomic E-state index is 10.3. The third kappa shape index (κ3) is 2.13. The van der Waals surface area contributed by atoms with E-state index in [1.54, 1.807) is 0 Å². The Balaban J connectivity index is 1.92. The van der Waals surface area contributed by atoms with Crippen LogP contribution in [-0.4, -0.2) is 36.0 Å². The lowest BCUT2D eigenvalue weighted by molar-refractivity contribution is -0.118. The van der Waals surface area contributed by atoms with Crippen molar-refractivity contribution in [2.75, 3.05) is 13.2 Å². The maximum Gasteiger partial charge on any atom is 0.0766 e. The zero-order chi connectivity index (χ0) is 12.8. The van der Waals surface area contributed by atoms with Crippen molar-refractivity contribution in [2.45, 2.75) is 58.8 Å². The first-order valence-electron chi connectivity index (χ1n) is 6.84. The minimum absolute atomic E-state index is 0.203. The Bertz CT molecular complexity index is 286. The van der Waals surface area contributed by atoms with Crippen LogP contribution in [0.5, 0.6) is 0 Å². The molecule has 0 aromatic rings. The molecule has 1 saturated carbocycles. The van der Waals surface area contributed by atoms with Crippen molar-refractivity contribution in [3.05, 3.63) is 0 Å². The molecular formula is C14H27NO2. The van der Waals surface area contributed by atoms with Gasteiger partial charge < -0.3 is 15.2 Å². The van der Waals surface area contributed by atoms with Crippen LogP contribution < -0.4 is 5.32 Å². The zero-order valence-electron chi connectivity index (χ0n) is 11.8. The molecule has 1 heterocycles. The second kappa shape index (κ2) is 4.22. The van der Waals surface area contributed by atoms with E-state index in [9.17, 15) is 5.11 Å². The monoisotopic (exact) mass is 241 g/mol. The molecule has 2 fully saturated rings. The second-order valence-corrected chi connectivity index (χ2v) is 6.94. The minimum Gasteiger partial charge on any atom is -0.389 e. The molecule has 0 radical (unpaired) electrons. The van der Waals surface area contributed by atoms with Gasteiger partial charge in [0.25, 0.3) is 0 Å². The van der Waals surface area contributed by atoms with E-state index < -0.39 is 5.60 Å². The van der Waals surface area contributed by atoms with Crippen LogP contribution in [0.25, 0.3) is 0 Å². The van der Waals surface area contributed by atoms with Crippen LogP contribution >= 0.6 is 0 Å². The van der Waals surface area contributed by atoms with Gasteiger partial charge in [0.2, 0.25) is 0 Å². The summed E-state index contributed by atoms with van der Waals surface area (Å²) in [5.41, 5.74) is -0.422. The normalized spacial score (nSPS) is 38.6. The largest absolute Gasteiger partial charge is 0.389 e. The average molecular weight is 241 g/mol. The number of hydrogen-bond donors (Lipinski definition) is 2. The highest BCUT2D eigenvalue weighted by molar-refractivity contribution is 5.11. The van der Waals surface area contributed by atoms with E-state index in [2.05, 4.69) is 33.0 Å². The molecule has 1 aliphatic heterocycles. The van der Waals surface area contributed by atoms with E-state index >= 15 is 0 Å². The van der Waals surface area contributed by atoms with Crippen LogP contribution in [0.2, 0.25) is 0 Å². The molecule has 2 N–H and O–H groups in total. The minimum atomic E-state index is -0.624. The first-order valence-corrected chi connectivity index (χ1v) is 6.84. The Morgan fingerprint density at radius 3 is 2.71 bits per heavy atom. The van der Waals surface area contributed by atoms with Gasteiger partial charge in [0.1, 0.15) is 0 Å². The molecule has 4 atom stereocenters. The lowest BCUT2D eigenvalue weighted by atomic mass is 9.57. The van der Waals surface area contributed by atoms with E-state index in [0.29, 0.717) is 24.6 Å². The second-order valence-electron chi connectivity index (χ2n) is 6.94. The molecule has 2 aliphatic rings. The third-order valence-corrected chi connectivity index (χ3v) is 5.02. The molecule has 17 heavy (non-hydrogen) atoms. The third-order valence-electron chi connectivity index (χ3n) is 5.02. The predicted molar refractivity (Wildman–Crippen MR) is 68.9 cm³/mol. The number of aliphatic hydroxyl groups is 1. The Hall–Kier alpha value is -0.120. The van der Waals surface area contributed by atoms with E-state index in [1.807, 2.05) is 6.92 Å². The molecule has 3 heteroatoms. The van der Waals surface area contributed by atoms with Crippen molar-refractivity contribution >= 4 is 0 Å². The highest BCUT2D eigenvalue weighted by Gasteiger charge is 2.59. The van der Waals surface area contributed by atoms with E-state index in [-0.39, 0.29) is 11.3 Å². The molecule has 0 amide bonds. The van der Waals surface area contributed by atoms with Gasteiger partial charge in [0.05, 0.1) is 11.7 Å². The van der Waals surface area contributed by atoms with Crippen LogP contribution in [0.4, 0.5) is 0 Å². The number of nitrogens with one attached hydrogen (secondary N) is 1. The Kier molecular flexibility index (Phi) is 3.30. The standard InChI is InChI=1S/C14H27NO2/c1-9(2)14(5,16)8-15-11-10-6-7-17-12(10)13(11,3)4/h9-12,15-16H,6-8H2,1-5H3. The topological polar surface area (TPSA) is 41.5 Å². The van der Waals surface area contributed by atoms with Gasteiger partial charge in [0.15, 0.2) is 0 Å². The molecule has 4 unspecified atom stereocenters. The first-order chi connectivity index (χ1) is 7.77. The molecule has 1 saturated heterocycles. The van der Waals surface area contributed by atoms with Crippen molar-refractivity contribution < 1.29 is 9.84 Å². The van der Waals surface area contributed by atoms with Gasteiger partial charge in [-0.15, -0.1) is 0 Å². The average Bonchev–Trinajstić information content (AvgIpc) is 2.63. The van der Waals surface area contributed by atoms with Crippen LogP contribution in [-0.2, 0) is 4.74 Å². The lowest BCUT2D eigenvalue weighted by Gasteiger charge is -2.55. The Labute approximate surface area is 105 Å². The maximum absolute atomic E-state index is 10.3. The smallest absolute Gasteiger partial charge is 0.0766 e. The van der Waals surface area contributed by atoms with E-state index in [0.717, 1.165) is 13.0 Å². The molecule has 2 rings (SSSR count). The lowest BCUT2D eigenvalue weighted by Crippen LogP contribution is -2.67. The van der Waals surface area contributed by atoms with Gasteiger partial charge in [0, 0.05) is 30.5 Å². The highest BCUT2D eigenvalue weighted by Crippen LogP contribution is 2.52. The fourth-order valence-electron chi connectivity index (χ4n) is 3.26. The molecule has 0 spiro atoms. The molecular weight excluding hydrogens is 214 g/mol. The number of fused-ring (bicyclic) bond motifs is 1. The summed E-state index contributed by atoms with van der Waals surface area (Å²) in [4.78, 5) is 0. The quantitative estimate of drug-likeness (QED) is 0.788. The zero-order valence-corrected chi connectivity index (χ0v) is 11.8. The van der Waals surface area contributed by atoms with E-state index in [4.69, 9.17) is 4.74 Å². The summed E-state index contributed by atoms with van der Waals surface area (Å²) in [5, 5.41) is 13.8. The van der Waals surface area contributed by atoms with Crippen molar-refractivity contribution in [1.82, 2.24) is 5.32 Å². The van der Waals surface area contributed by atoms with Crippen molar-refractivity contribution in [1.29, 1.82) is 0 Å². The number of rotatable bonds is 4. The van der Waals surface area contributed by atoms with Gasteiger partial charge in [-0.2, -0.15) is 0 Å². The summed E-state index contributed by atoms with van der Waals surface area (Å²) in [6.07, 6.45) is 1.58. The highest BCUT2D eigenvalue weighted by atomic mass is 16.5. The van der Waals surface area contributed by atoms with Gasteiger partial charge in [-0.1, -0.05) is 27.7 Å². The van der Waals surface area contributed by atoms with Gasteiger partial charge in [-0.05, 0) is 19.3 Å². The fourth-order valence-corrected chi connectivity index (χ4v) is 3.26. The molecule has 0 aromatic carbocycles. The van der Waals surface area contributed by atoms with Crippen LogP contribution in [0.1, 0.15) is 41.0 Å². The first kappa shape index (κ1) is 13.3. The number of hydrogen-bond acceptors (Lipinski definition) is 3. The van der Waals surface area contributed by atoms with Crippen molar-refractivity contribution in [2.24, 2.45) is 17.3 Å². The summed E-state index contributed by atoms with van der Waals surface area (Å²) in [6, 6.07) is 0.486. The summed E-state index contributed by atoms with van der Waals surface area (Å²) in [7, 11) is 0. The fraction of sp³-hybridized carbons (Fsp3) is 1.00. The molecule has 100 valence electrons. The Morgan fingerprint density at radius 2 is 2.12 bits per heavy atom. The SMILES string of the molecule is CC(C)C(C)(O)CNC1C2CCOC2C1(C)C. The molecule has 0 aromatic heterocycles. The van der Waals surface area contributed by atoms with Gasteiger partial charge in [-0.25, -0.2) is 0 Å². The van der Waals surface area contributed by atoms with Crippen LogP contribution in [0, 0.1) is 17.3 Å². The molecule has 3 nitrogen and oxygen atoms in total. The van der Waals surface area contributed by atoms with Crippen molar-refractivity contribution in [3.8, 4) is 0 Å². The van der Waals surface area contributed by atoms with Crippen LogP contribution in [0.3, 0.4) is 0 Å². The van der Waals surface area contributed by atoms with Gasteiger partial charge in [-0.3, -0.25) is 0 Å².